The van der Waals surface area contributed by atoms with Crippen LogP contribution in [-0.2, 0) is 0 Å². The first-order valence-electron chi connectivity index (χ1n) is 6.24. The average molecular weight is 271 g/mol. The normalized spacial score (nSPS) is 9.95. The molecule has 2 aromatic rings. The lowest BCUT2D eigenvalue weighted by molar-refractivity contribution is 0.102. The van der Waals surface area contributed by atoms with E-state index >= 15 is 0 Å². The minimum atomic E-state index is -0.184. The van der Waals surface area contributed by atoms with E-state index < -0.39 is 0 Å². The first-order chi connectivity index (χ1) is 9.65. The number of anilines is 1. The molecule has 0 aromatic heterocycles. The number of ether oxygens (including phenoxy) is 2. The van der Waals surface area contributed by atoms with Gasteiger partial charge in [0.2, 0.25) is 0 Å². The van der Waals surface area contributed by atoms with Gasteiger partial charge in [-0.2, -0.15) is 0 Å². The van der Waals surface area contributed by atoms with Crippen molar-refractivity contribution < 1.29 is 14.3 Å². The molecule has 0 spiro atoms. The van der Waals surface area contributed by atoms with Crippen molar-refractivity contribution in [1.82, 2.24) is 0 Å². The third-order valence-corrected chi connectivity index (χ3v) is 3.02. The molecule has 0 unspecified atom stereocenters. The monoisotopic (exact) mass is 271 g/mol. The van der Waals surface area contributed by atoms with Gasteiger partial charge in [0.1, 0.15) is 11.5 Å². The summed E-state index contributed by atoms with van der Waals surface area (Å²) in [5.41, 5.74) is 2.20. The summed E-state index contributed by atoms with van der Waals surface area (Å²) in [6, 6.07) is 12.6. The van der Waals surface area contributed by atoms with Gasteiger partial charge in [0.25, 0.3) is 5.91 Å². The van der Waals surface area contributed by atoms with Crippen molar-refractivity contribution >= 4 is 11.6 Å². The van der Waals surface area contributed by atoms with Gasteiger partial charge >= 0.3 is 0 Å². The fourth-order valence-corrected chi connectivity index (χ4v) is 1.96. The molecule has 20 heavy (non-hydrogen) atoms. The van der Waals surface area contributed by atoms with Crippen LogP contribution in [-0.4, -0.2) is 20.1 Å². The smallest absolute Gasteiger partial charge is 0.255 e. The Morgan fingerprint density at radius 3 is 2.30 bits per heavy atom. The highest BCUT2D eigenvalue weighted by Gasteiger charge is 2.11. The van der Waals surface area contributed by atoms with Gasteiger partial charge < -0.3 is 14.8 Å². The third kappa shape index (κ3) is 2.91. The molecule has 0 heterocycles. The molecular formula is C16H17NO3. The molecule has 2 rings (SSSR count). The summed E-state index contributed by atoms with van der Waals surface area (Å²) in [4.78, 5) is 12.2. The predicted octanol–water partition coefficient (Wildman–Crippen LogP) is 3.26. The number of nitrogens with one attached hydrogen (secondary N) is 1. The number of hydrogen-bond acceptors (Lipinski definition) is 3. The molecule has 0 bridgehead atoms. The van der Waals surface area contributed by atoms with Crippen LogP contribution in [0.25, 0.3) is 0 Å². The molecule has 0 saturated heterocycles. The van der Waals surface area contributed by atoms with Crippen molar-refractivity contribution in [2.24, 2.45) is 0 Å². The maximum atomic E-state index is 12.2. The van der Waals surface area contributed by atoms with Crippen LogP contribution < -0.4 is 14.8 Å². The second-order valence-corrected chi connectivity index (χ2v) is 4.34. The molecule has 4 heteroatoms. The molecule has 1 N–H and O–H groups in total. The van der Waals surface area contributed by atoms with E-state index in [0.717, 1.165) is 11.3 Å². The van der Waals surface area contributed by atoms with E-state index in [1.54, 1.807) is 38.5 Å². The number of carbonyl (C=O) groups is 1. The SMILES string of the molecule is COc1ccc(C(=O)Nc2cccc(C)c2OC)cc1. The van der Waals surface area contributed by atoms with E-state index in [4.69, 9.17) is 9.47 Å². The van der Waals surface area contributed by atoms with Crippen LogP contribution in [0.15, 0.2) is 42.5 Å². The van der Waals surface area contributed by atoms with Crippen molar-refractivity contribution in [3.63, 3.8) is 0 Å². The van der Waals surface area contributed by atoms with E-state index in [2.05, 4.69) is 5.32 Å². The summed E-state index contributed by atoms with van der Waals surface area (Å²) in [7, 11) is 3.18. The highest BCUT2D eigenvalue weighted by Crippen LogP contribution is 2.28. The zero-order chi connectivity index (χ0) is 14.5. The van der Waals surface area contributed by atoms with Crippen molar-refractivity contribution in [3.05, 3.63) is 53.6 Å². The number of rotatable bonds is 4. The van der Waals surface area contributed by atoms with E-state index in [9.17, 15) is 4.79 Å². The van der Waals surface area contributed by atoms with Crippen LogP contribution in [0.1, 0.15) is 15.9 Å². The van der Waals surface area contributed by atoms with E-state index in [0.29, 0.717) is 17.0 Å². The van der Waals surface area contributed by atoms with Crippen LogP contribution >= 0.6 is 0 Å². The quantitative estimate of drug-likeness (QED) is 0.928. The number of benzene rings is 2. The lowest BCUT2D eigenvalue weighted by atomic mass is 10.1. The van der Waals surface area contributed by atoms with Crippen LogP contribution in [0.4, 0.5) is 5.69 Å². The summed E-state index contributed by atoms with van der Waals surface area (Å²) in [5, 5.41) is 2.85. The summed E-state index contributed by atoms with van der Waals surface area (Å²) in [6.45, 7) is 1.93. The molecule has 0 aliphatic rings. The van der Waals surface area contributed by atoms with E-state index in [1.165, 1.54) is 0 Å². The lowest BCUT2D eigenvalue weighted by Gasteiger charge is -2.12. The zero-order valence-corrected chi connectivity index (χ0v) is 11.8. The van der Waals surface area contributed by atoms with E-state index in [1.807, 2.05) is 25.1 Å². The Morgan fingerprint density at radius 2 is 1.70 bits per heavy atom. The highest BCUT2D eigenvalue weighted by molar-refractivity contribution is 6.05. The van der Waals surface area contributed by atoms with Gasteiger partial charge in [-0.1, -0.05) is 12.1 Å². The second kappa shape index (κ2) is 6.10. The molecule has 0 saturated carbocycles. The van der Waals surface area contributed by atoms with Crippen LogP contribution in [0.2, 0.25) is 0 Å². The summed E-state index contributed by atoms with van der Waals surface area (Å²) in [6.07, 6.45) is 0. The third-order valence-electron chi connectivity index (χ3n) is 3.02. The number of aryl methyl sites for hydroxylation is 1. The molecule has 104 valence electrons. The predicted molar refractivity (Wildman–Crippen MR) is 78.7 cm³/mol. The van der Waals surface area contributed by atoms with Crippen LogP contribution in [0, 0.1) is 6.92 Å². The van der Waals surface area contributed by atoms with Crippen molar-refractivity contribution in [2.45, 2.75) is 6.92 Å². The van der Waals surface area contributed by atoms with Gasteiger partial charge in [0.15, 0.2) is 0 Å². The molecule has 0 radical (unpaired) electrons. The fraction of sp³-hybridized carbons (Fsp3) is 0.188. The van der Waals surface area contributed by atoms with Gasteiger partial charge in [-0.25, -0.2) is 0 Å². The topological polar surface area (TPSA) is 47.6 Å². The molecule has 0 aliphatic heterocycles. The first kappa shape index (κ1) is 13.9. The second-order valence-electron chi connectivity index (χ2n) is 4.34. The van der Waals surface area contributed by atoms with Crippen molar-refractivity contribution in [2.75, 3.05) is 19.5 Å². The minimum absolute atomic E-state index is 0.184. The van der Waals surface area contributed by atoms with Gasteiger partial charge in [0, 0.05) is 5.56 Å². The molecule has 0 atom stereocenters. The highest BCUT2D eigenvalue weighted by atomic mass is 16.5. The van der Waals surface area contributed by atoms with Gasteiger partial charge in [-0.3, -0.25) is 4.79 Å². The van der Waals surface area contributed by atoms with E-state index in [-0.39, 0.29) is 5.91 Å². The Hall–Kier alpha value is -2.49. The summed E-state index contributed by atoms with van der Waals surface area (Å²) < 4.78 is 10.4. The molecule has 1 amide bonds. The van der Waals surface area contributed by atoms with Crippen molar-refractivity contribution in [1.29, 1.82) is 0 Å². The van der Waals surface area contributed by atoms with Crippen LogP contribution in [0.5, 0.6) is 11.5 Å². The lowest BCUT2D eigenvalue weighted by Crippen LogP contribution is -2.12. The van der Waals surface area contributed by atoms with Crippen molar-refractivity contribution in [3.8, 4) is 11.5 Å². The number of methoxy groups -OCH3 is 2. The van der Waals surface area contributed by atoms with Gasteiger partial charge in [-0.15, -0.1) is 0 Å². The Bertz CT molecular complexity index is 606. The number of para-hydroxylation sites is 1. The van der Waals surface area contributed by atoms with Gasteiger partial charge in [-0.05, 0) is 42.8 Å². The minimum Gasteiger partial charge on any atom is -0.497 e. The summed E-state index contributed by atoms with van der Waals surface area (Å²) >= 11 is 0. The largest absolute Gasteiger partial charge is 0.497 e. The van der Waals surface area contributed by atoms with Crippen LogP contribution in [0.3, 0.4) is 0 Å². The Kier molecular flexibility index (Phi) is 4.25. The maximum absolute atomic E-state index is 12.2. The molecule has 2 aromatic carbocycles. The molecule has 0 aliphatic carbocycles. The van der Waals surface area contributed by atoms with Gasteiger partial charge in [0.05, 0.1) is 19.9 Å². The Balaban J connectivity index is 2.21. The zero-order valence-electron chi connectivity index (χ0n) is 11.8. The first-order valence-corrected chi connectivity index (χ1v) is 6.24. The Morgan fingerprint density at radius 1 is 1.00 bits per heavy atom. The molecule has 0 fully saturated rings. The fourth-order valence-electron chi connectivity index (χ4n) is 1.96. The average Bonchev–Trinajstić information content (AvgIpc) is 2.47. The number of hydrogen-bond donors (Lipinski definition) is 1. The Labute approximate surface area is 118 Å². The molecule has 4 nitrogen and oxygen atoms in total. The standard InChI is InChI=1S/C16H17NO3/c1-11-5-4-6-14(15(11)20-3)17-16(18)12-7-9-13(19-2)10-8-12/h4-10H,1-3H3,(H,17,18). The number of carbonyl (C=O) groups excluding carboxylic acids is 1. The number of amides is 1. The molecular weight excluding hydrogens is 254 g/mol. The maximum Gasteiger partial charge on any atom is 0.255 e. The summed E-state index contributed by atoms with van der Waals surface area (Å²) in [5.74, 6) is 1.21.